The first-order chi connectivity index (χ1) is 4.95. The molecule has 4 heteroatoms. The highest BCUT2D eigenvalue weighted by molar-refractivity contribution is 4.67. The summed E-state index contributed by atoms with van der Waals surface area (Å²) in [4.78, 5) is 1.73. The van der Waals surface area contributed by atoms with Crippen molar-refractivity contribution in [3.8, 4) is 0 Å². The van der Waals surface area contributed by atoms with Crippen LogP contribution in [0.1, 0.15) is 13.8 Å². The van der Waals surface area contributed by atoms with E-state index in [9.17, 15) is 0 Å². The van der Waals surface area contributed by atoms with Crippen LogP contribution in [-0.4, -0.2) is 47.7 Å². The van der Waals surface area contributed by atoms with Gasteiger partial charge in [0.05, 0.1) is 0 Å². The third-order valence-corrected chi connectivity index (χ3v) is 1.34. The molecule has 0 aromatic rings. The number of hydrogen-bond acceptors (Lipinski definition) is 4. The van der Waals surface area contributed by atoms with Crippen molar-refractivity contribution in [2.24, 2.45) is 0 Å². The van der Waals surface area contributed by atoms with E-state index in [1.165, 1.54) is 0 Å². The lowest BCUT2D eigenvalue weighted by atomic mass is 10.3. The van der Waals surface area contributed by atoms with Crippen molar-refractivity contribution in [3.05, 3.63) is 0 Å². The number of nitrogens with one attached hydrogen (secondary N) is 1. The maximum atomic E-state index is 8.88. The number of aliphatic hydroxyl groups is 2. The standard InChI is InChI=1S/C7H18N2O2/c1-5(2)8-6(7(10)11)9(3)4/h5-8,10-11H,1-4H3. The Kier molecular flexibility index (Phi) is 4.60. The number of aliphatic hydroxyl groups excluding tert-OH is 1. The van der Waals surface area contributed by atoms with E-state index >= 15 is 0 Å². The molecule has 0 radical (unpaired) electrons. The minimum Gasteiger partial charge on any atom is -0.366 e. The molecule has 0 heterocycles. The van der Waals surface area contributed by atoms with Gasteiger partial charge in [-0.15, -0.1) is 0 Å². The first-order valence-corrected chi connectivity index (χ1v) is 3.73. The summed E-state index contributed by atoms with van der Waals surface area (Å²) in [5.74, 6) is 0. The van der Waals surface area contributed by atoms with Crippen LogP contribution in [0.3, 0.4) is 0 Å². The average molecular weight is 162 g/mol. The van der Waals surface area contributed by atoms with Crippen molar-refractivity contribution in [3.63, 3.8) is 0 Å². The molecule has 0 bridgehead atoms. The van der Waals surface area contributed by atoms with Crippen LogP contribution in [0.2, 0.25) is 0 Å². The molecule has 0 aromatic carbocycles. The van der Waals surface area contributed by atoms with E-state index in [2.05, 4.69) is 5.32 Å². The molecule has 4 nitrogen and oxygen atoms in total. The van der Waals surface area contributed by atoms with Crippen molar-refractivity contribution < 1.29 is 10.2 Å². The molecular formula is C7H18N2O2. The summed E-state index contributed by atoms with van der Waals surface area (Å²) in [5, 5.41) is 20.8. The van der Waals surface area contributed by atoms with Crippen LogP contribution in [0.25, 0.3) is 0 Å². The summed E-state index contributed by atoms with van der Waals surface area (Å²) in [6.45, 7) is 3.91. The van der Waals surface area contributed by atoms with Gasteiger partial charge in [0.15, 0.2) is 6.29 Å². The van der Waals surface area contributed by atoms with E-state index in [0.717, 1.165) is 0 Å². The first-order valence-electron chi connectivity index (χ1n) is 3.73. The lowest BCUT2D eigenvalue weighted by Gasteiger charge is -2.28. The normalized spacial score (nSPS) is 15.0. The Labute approximate surface area is 67.8 Å². The van der Waals surface area contributed by atoms with E-state index < -0.39 is 12.5 Å². The number of likely N-dealkylation sites (N-methyl/N-ethyl adjacent to an activating group) is 1. The van der Waals surface area contributed by atoms with Gasteiger partial charge in [-0.2, -0.15) is 0 Å². The summed E-state index contributed by atoms with van der Waals surface area (Å²) in [6, 6.07) is 0.240. The zero-order chi connectivity index (χ0) is 9.02. The van der Waals surface area contributed by atoms with Crippen LogP contribution in [-0.2, 0) is 0 Å². The average Bonchev–Trinajstić information content (AvgIpc) is 1.81. The van der Waals surface area contributed by atoms with Gasteiger partial charge >= 0.3 is 0 Å². The zero-order valence-corrected chi connectivity index (χ0v) is 7.57. The minimum absolute atomic E-state index is 0.240. The number of hydrogen-bond donors (Lipinski definition) is 3. The Morgan fingerprint density at radius 2 is 1.64 bits per heavy atom. The minimum atomic E-state index is -1.34. The van der Waals surface area contributed by atoms with Crippen molar-refractivity contribution in [2.75, 3.05) is 14.1 Å². The molecule has 0 saturated heterocycles. The van der Waals surface area contributed by atoms with Gasteiger partial charge in [-0.3, -0.25) is 10.2 Å². The van der Waals surface area contributed by atoms with E-state index in [1.807, 2.05) is 13.8 Å². The zero-order valence-electron chi connectivity index (χ0n) is 7.57. The Morgan fingerprint density at radius 1 is 1.18 bits per heavy atom. The van der Waals surface area contributed by atoms with E-state index in [4.69, 9.17) is 10.2 Å². The molecule has 0 aliphatic heterocycles. The van der Waals surface area contributed by atoms with Gasteiger partial charge in [0.2, 0.25) is 0 Å². The SMILES string of the molecule is CC(C)NC(C(O)O)N(C)C. The Bertz CT molecular complexity index is 96.6. The summed E-state index contributed by atoms with van der Waals surface area (Å²) in [5.41, 5.74) is 0. The quantitative estimate of drug-likeness (QED) is 0.473. The molecule has 0 spiro atoms. The maximum absolute atomic E-state index is 8.88. The Balaban J connectivity index is 3.90. The van der Waals surface area contributed by atoms with Crippen LogP contribution in [0, 0.1) is 0 Å². The van der Waals surface area contributed by atoms with Crippen LogP contribution in [0.4, 0.5) is 0 Å². The van der Waals surface area contributed by atoms with Crippen LogP contribution >= 0.6 is 0 Å². The van der Waals surface area contributed by atoms with Gasteiger partial charge in [0, 0.05) is 6.04 Å². The summed E-state index contributed by atoms with van der Waals surface area (Å²) in [7, 11) is 3.58. The second kappa shape index (κ2) is 4.66. The molecule has 3 N–H and O–H groups in total. The predicted molar refractivity (Wildman–Crippen MR) is 44.0 cm³/mol. The van der Waals surface area contributed by atoms with E-state index in [1.54, 1.807) is 19.0 Å². The van der Waals surface area contributed by atoms with Crippen molar-refractivity contribution in [2.45, 2.75) is 32.3 Å². The molecule has 0 aliphatic rings. The second-order valence-electron chi connectivity index (χ2n) is 3.14. The third-order valence-electron chi connectivity index (χ3n) is 1.34. The van der Waals surface area contributed by atoms with Crippen molar-refractivity contribution >= 4 is 0 Å². The van der Waals surface area contributed by atoms with Crippen LogP contribution < -0.4 is 5.32 Å². The number of rotatable bonds is 4. The summed E-state index contributed by atoms with van der Waals surface area (Å²) in [6.07, 6.45) is -1.73. The predicted octanol–water partition coefficient (Wildman–Crippen LogP) is -0.817. The third kappa shape index (κ3) is 4.31. The first kappa shape index (κ1) is 10.8. The van der Waals surface area contributed by atoms with Gasteiger partial charge < -0.3 is 10.2 Å². The van der Waals surface area contributed by atoms with Gasteiger partial charge in [-0.05, 0) is 27.9 Å². The molecular weight excluding hydrogens is 144 g/mol. The fraction of sp³-hybridized carbons (Fsp3) is 1.00. The Hall–Kier alpha value is -0.160. The fourth-order valence-electron chi connectivity index (χ4n) is 0.843. The molecule has 1 atom stereocenters. The molecule has 0 rings (SSSR count). The topological polar surface area (TPSA) is 55.7 Å². The highest BCUT2D eigenvalue weighted by atomic mass is 16.5. The molecule has 0 fully saturated rings. The molecule has 11 heavy (non-hydrogen) atoms. The summed E-state index contributed by atoms with van der Waals surface area (Å²) >= 11 is 0. The molecule has 0 aliphatic carbocycles. The lowest BCUT2D eigenvalue weighted by molar-refractivity contribution is -0.103. The summed E-state index contributed by atoms with van der Waals surface area (Å²) < 4.78 is 0. The smallest absolute Gasteiger partial charge is 0.181 e. The molecule has 0 saturated carbocycles. The molecule has 68 valence electrons. The van der Waals surface area contributed by atoms with E-state index in [0.29, 0.717) is 0 Å². The largest absolute Gasteiger partial charge is 0.366 e. The van der Waals surface area contributed by atoms with Crippen molar-refractivity contribution in [1.82, 2.24) is 10.2 Å². The Morgan fingerprint density at radius 3 is 1.73 bits per heavy atom. The molecule has 1 unspecified atom stereocenters. The maximum Gasteiger partial charge on any atom is 0.181 e. The highest BCUT2D eigenvalue weighted by Gasteiger charge is 2.18. The van der Waals surface area contributed by atoms with Gasteiger partial charge in [0.1, 0.15) is 6.17 Å². The molecule has 0 aromatic heterocycles. The van der Waals surface area contributed by atoms with Crippen LogP contribution in [0.15, 0.2) is 0 Å². The van der Waals surface area contributed by atoms with Crippen LogP contribution in [0.5, 0.6) is 0 Å². The van der Waals surface area contributed by atoms with E-state index in [-0.39, 0.29) is 6.04 Å². The van der Waals surface area contributed by atoms with Gasteiger partial charge in [0.25, 0.3) is 0 Å². The molecule has 0 amide bonds. The monoisotopic (exact) mass is 162 g/mol. The van der Waals surface area contributed by atoms with Crippen molar-refractivity contribution in [1.29, 1.82) is 0 Å². The lowest BCUT2D eigenvalue weighted by Crippen LogP contribution is -2.52. The highest BCUT2D eigenvalue weighted by Crippen LogP contribution is 1.95. The number of nitrogens with zero attached hydrogens (tertiary/aromatic N) is 1. The fourth-order valence-corrected chi connectivity index (χ4v) is 0.843. The van der Waals surface area contributed by atoms with Gasteiger partial charge in [-0.25, -0.2) is 0 Å². The second-order valence-corrected chi connectivity index (χ2v) is 3.14. The van der Waals surface area contributed by atoms with Gasteiger partial charge in [-0.1, -0.05) is 0 Å².